The van der Waals surface area contributed by atoms with Crippen molar-refractivity contribution in [2.24, 2.45) is 0 Å². The first-order valence-electron chi connectivity index (χ1n) is 3.89. The molecule has 0 aliphatic heterocycles. The monoisotopic (exact) mass is 177 g/mol. The molecule has 0 atom stereocenters. The van der Waals surface area contributed by atoms with Crippen LogP contribution in [0.4, 0.5) is 0 Å². The molecule has 1 rings (SSSR count). The normalized spacial score (nSPS) is 12.5. The van der Waals surface area contributed by atoms with Crippen molar-refractivity contribution in [2.45, 2.75) is 6.92 Å². The smallest absolute Gasteiger partial charge is 0.352 e. The maximum absolute atomic E-state index is 10.5. The third-order valence-corrected chi connectivity index (χ3v) is 1.63. The van der Waals surface area contributed by atoms with Gasteiger partial charge in [-0.2, -0.15) is 0 Å². The van der Waals surface area contributed by atoms with Crippen LogP contribution < -0.4 is 10.6 Å². The second-order valence-electron chi connectivity index (χ2n) is 2.61. The molecule has 0 amide bonds. The van der Waals surface area contributed by atoms with Crippen LogP contribution in [0.5, 0.6) is 0 Å². The molecule has 0 bridgehead atoms. The van der Waals surface area contributed by atoms with Crippen molar-refractivity contribution < 1.29 is 9.90 Å². The summed E-state index contributed by atoms with van der Waals surface area (Å²) in [7, 11) is 0. The molecular weight excluding hydrogens is 166 g/mol. The number of hydrogen-bond donors (Lipinski definition) is 2. The molecule has 3 heteroatoms. The van der Waals surface area contributed by atoms with Gasteiger partial charge < -0.3 is 10.1 Å². The van der Waals surface area contributed by atoms with Gasteiger partial charge in [-0.1, -0.05) is 24.8 Å². The predicted molar refractivity (Wildman–Crippen MR) is 51.8 cm³/mol. The SMILES string of the molecule is C=c1[nH]c(C(=O)O)cc1=CC=CC. The van der Waals surface area contributed by atoms with E-state index >= 15 is 0 Å². The van der Waals surface area contributed by atoms with Crippen LogP contribution in [0, 0.1) is 0 Å². The molecule has 3 nitrogen and oxygen atoms in total. The number of H-pyrrole nitrogens is 1. The molecule has 13 heavy (non-hydrogen) atoms. The highest BCUT2D eigenvalue weighted by atomic mass is 16.4. The molecule has 68 valence electrons. The van der Waals surface area contributed by atoms with E-state index in [-0.39, 0.29) is 5.69 Å². The van der Waals surface area contributed by atoms with E-state index in [2.05, 4.69) is 11.6 Å². The number of nitrogens with one attached hydrogen (secondary N) is 1. The first-order chi connectivity index (χ1) is 6.15. The van der Waals surface area contributed by atoms with E-state index in [4.69, 9.17) is 5.11 Å². The van der Waals surface area contributed by atoms with Gasteiger partial charge in [-0.05, 0) is 18.2 Å². The van der Waals surface area contributed by atoms with Crippen molar-refractivity contribution >= 4 is 18.6 Å². The number of aromatic nitrogens is 1. The van der Waals surface area contributed by atoms with Gasteiger partial charge in [-0.3, -0.25) is 0 Å². The minimum absolute atomic E-state index is 0.167. The highest BCUT2D eigenvalue weighted by Gasteiger charge is 2.02. The zero-order valence-corrected chi connectivity index (χ0v) is 7.37. The Morgan fingerprint density at radius 1 is 1.69 bits per heavy atom. The Hall–Kier alpha value is -1.77. The summed E-state index contributed by atoms with van der Waals surface area (Å²) in [5.74, 6) is -0.968. The zero-order valence-electron chi connectivity index (χ0n) is 7.37. The minimum atomic E-state index is -0.968. The quantitative estimate of drug-likeness (QED) is 0.690. The summed E-state index contributed by atoms with van der Waals surface area (Å²) in [4.78, 5) is 13.2. The van der Waals surface area contributed by atoms with E-state index in [0.29, 0.717) is 5.35 Å². The van der Waals surface area contributed by atoms with Crippen molar-refractivity contribution in [1.29, 1.82) is 0 Å². The summed E-state index contributed by atoms with van der Waals surface area (Å²) < 4.78 is 0. The molecule has 0 aliphatic rings. The molecule has 0 radical (unpaired) electrons. The number of rotatable bonds is 2. The van der Waals surface area contributed by atoms with Crippen LogP contribution in [0.25, 0.3) is 12.7 Å². The van der Waals surface area contributed by atoms with Gasteiger partial charge in [0.15, 0.2) is 0 Å². The first kappa shape index (κ1) is 9.32. The maximum Gasteiger partial charge on any atom is 0.352 e. The van der Waals surface area contributed by atoms with Crippen LogP contribution in [0.1, 0.15) is 17.4 Å². The van der Waals surface area contributed by atoms with Gasteiger partial charge in [0, 0.05) is 5.35 Å². The van der Waals surface area contributed by atoms with Crippen LogP contribution in [0.15, 0.2) is 18.2 Å². The molecule has 1 aromatic rings. The number of carbonyl (C=O) groups is 1. The van der Waals surface area contributed by atoms with Gasteiger partial charge in [0.25, 0.3) is 0 Å². The standard InChI is InChI=1S/C10H11NO2/c1-3-4-5-8-6-9(10(12)13)11-7(8)2/h3-6,11H,2H2,1H3,(H,12,13). The fourth-order valence-electron chi connectivity index (χ4n) is 0.977. The molecule has 1 heterocycles. The van der Waals surface area contributed by atoms with Crippen LogP contribution in [-0.2, 0) is 0 Å². The lowest BCUT2D eigenvalue weighted by Crippen LogP contribution is -2.19. The Balaban J connectivity index is 3.26. The van der Waals surface area contributed by atoms with Gasteiger partial charge >= 0.3 is 5.97 Å². The van der Waals surface area contributed by atoms with Gasteiger partial charge in [0.2, 0.25) is 0 Å². The van der Waals surface area contributed by atoms with Crippen molar-refractivity contribution in [3.05, 3.63) is 34.5 Å². The zero-order chi connectivity index (χ0) is 9.84. The molecule has 0 aromatic carbocycles. The van der Waals surface area contributed by atoms with Crippen LogP contribution in [0.2, 0.25) is 0 Å². The molecule has 0 saturated heterocycles. The van der Waals surface area contributed by atoms with Gasteiger partial charge in [-0.15, -0.1) is 0 Å². The molecule has 0 fully saturated rings. The van der Waals surface area contributed by atoms with E-state index < -0.39 is 5.97 Å². The fourth-order valence-corrected chi connectivity index (χ4v) is 0.977. The second kappa shape index (κ2) is 3.76. The lowest BCUT2D eigenvalue weighted by atomic mass is 10.3. The summed E-state index contributed by atoms with van der Waals surface area (Å²) in [5.41, 5.74) is 0.167. The number of aromatic amines is 1. The molecule has 0 spiro atoms. The highest BCUT2D eigenvalue weighted by Crippen LogP contribution is 1.84. The van der Waals surface area contributed by atoms with Gasteiger partial charge in [0.1, 0.15) is 5.69 Å². The minimum Gasteiger partial charge on any atom is -0.477 e. The van der Waals surface area contributed by atoms with E-state index in [1.54, 1.807) is 6.07 Å². The van der Waals surface area contributed by atoms with E-state index in [9.17, 15) is 4.79 Å². The van der Waals surface area contributed by atoms with Crippen LogP contribution >= 0.6 is 0 Å². The average molecular weight is 177 g/mol. The molecular formula is C10H11NO2. The van der Waals surface area contributed by atoms with Crippen molar-refractivity contribution in [1.82, 2.24) is 4.98 Å². The Labute approximate surface area is 75.7 Å². The summed E-state index contributed by atoms with van der Waals surface area (Å²) in [6.45, 7) is 5.59. The Morgan fingerprint density at radius 3 is 2.85 bits per heavy atom. The Bertz CT molecular complexity index is 440. The number of carboxylic acid groups (broad SMARTS) is 1. The van der Waals surface area contributed by atoms with Crippen molar-refractivity contribution in [3.63, 3.8) is 0 Å². The Morgan fingerprint density at radius 2 is 2.38 bits per heavy atom. The molecule has 0 saturated carbocycles. The largest absolute Gasteiger partial charge is 0.477 e. The molecule has 0 unspecified atom stereocenters. The number of allylic oxidation sites excluding steroid dienone is 2. The lowest BCUT2D eigenvalue weighted by molar-refractivity contribution is 0.0691. The number of aromatic carboxylic acids is 1. The van der Waals surface area contributed by atoms with E-state index in [0.717, 1.165) is 5.22 Å². The van der Waals surface area contributed by atoms with Gasteiger partial charge in [-0.25, -0.2) is 4.79 Å². The molecule has 2 N–H and O–H groups in total. The van der Waals surface area contributed by atoms with Gasteiger partial charge in [0.05, 0.1) is 0 Å². The van der Waals surface area contributed by atoms with Crippen LogP contribution in [0.3, 0.4) is 0 Å². The first-order valence-corrected chi connectivity index (χ1v) is 3.89. The van der Waals surface area contributed by atoms with E-state index in [1.807, 2.05) is 25.2 Å². The number of carboxylic acids is 1. The molecule has 1 aromatic heterocycles. The highest BCUT2D eigenvalue weighted by molar-refractivity contribution is 5.85. The van der Waals surface area contributed by atoms with E-state index in [1.165, 1.54) is 0 Å². The average Bonchev–Trinajstić information content (AvgIpc) is 2.44. The predicted octanol–water partition coefficient (Wildman–Crippen LogP) is 0.480. The van der Waals surface area contributed by atoms with Crippen LogP contribution in [-0.4, -0.2) is 16.1 Å². The van der Waals surface area contributed by atoms with Crippen molar-refractivity contribution in [2.75, 3.05) is 0 Å². The summed E-state index contributed by atoms with van der Waals surface area (Å²) in [6, 6.07) is 1.56. The summed E-state index contributed by atoms with van der Waals surface area (Å²) >= 11 is 0. The fraction of sp³-hybridized carbons (Fsp3) is 0.100. The number of hydrogen-bond acceptors (Lipinski definition) is 1. The topological polar surface area (TPSA) is 53.1 Å². The van der Waals surface area contributed by atoms with Crippen molar-refractivity contribution in [3.8, 4) is 0 Å². The third kappa shape index (κ3) is 2.08. The second-order valence-corrected chi connectivity index (χ2v) is 2.61. The Kier molecular flexibility index (Phi) is 2.69. The summed E-state index contributed by atoms with van der Waals surface area (Å²) in [6.07, 6.45) is 5.52. The molecule has 0 aliphatic carbocycles. The maximum atomic E-state index is 10.5. The summed E-state index contributed by atoms with van der Waals surface area (Å²) in [5, 5.41) is 10.1. The lowest BCUT2D eigenvalue weighted by Gasteiger charge is -1.81. The third-order valence-electron chi connectivity index (χ3n) is 1.63.